The van der Waals surface area contributed by atoms with E-state index in [1.54, 1.807) is 0 Å². The highest BCUT2D eigenvalue weighted by molar-refractivity contribution is 9.10. The second kappa shape index (κ2) is 5.53. The van der Waals surface area contributed by atoms with Crippen molar-refractivity contribution in [2.45, 2.75) is 44.6 Å². The minimum atomic E-state index is 0.0659. The fourth-order valence-electron chi connectivity index (χ4n) is 2.73. The molecule has 1 aromatic carbocycles. The number of benzene rings is 1. The predicted molar refractivity (Wildman–Crippen MR) is 75.2 cm³/mol. The van der Waals surface area contributed by atoms with Crippen LogP contribution in [0.15, 0.2) is 28.7 Å². The third kappa shape index (κ3) is 3.11. The maximum Gasteiger partial charge on any atom is 0.0719 e. The SMILES string of the molecule is COC1(Cc2ccccc2Br)CCC(C)CC1. The monoisotopic (exact) mass is 296 g/mol. The van der Waals surface area contributed by atoms with E-state index in [2.05, 4.69) is 47.1 Å². The second-order valence-electron chi connectivity index (χ2n) is 5.34. The summed E-state index contributed by atoms with van der Waals surface area (Å²) in [6, 6.07) is 8.48. The molecule has 0 spiro atoms. The van der Waals surface area contributed by atoms with Crippen molar-refractivity contribution in [3.63, 3.8) is 0 Å². The topological polar surface area (TPSA) is 9.23 Å². The summed E-state index contributed by atoms with van der Waals surface area (Å²) in [5.74, 6) is 0.859. The Kier molecular flexibility index (Phi) is 4.26. The summed E-state index contributed by atoms with van der Waals surface area (Å²) >= 11 is 3.63. The highest BCUT2D eigenvalue weighted by Crippen LogP contribution is 2.37. The molecule has 94 valence electrons. The Labute approximate surface area is 113 Å². The van der Waals surface area contributed by atoms with Crippen LogP contribution in [0.2, 0.25) is 0 Å². The predicted octanol–water partition coefficient (Wildman–Crippen LogP) is 4.59. The van der Waals surface area contributed by atoms with Crippen molar-refractivity contribution in [1.82, 2.24) is 0 Å². The van der Waals surface area contributed by atoms with Gasteiger partial charge in [0.25, 0.3) is 0 Å². The summed E-state index contributed by atoms with van der Waals surface area (Å²) in [5.41, 5.74) is 1.43. The maximum absolute atomic E-state index is 5.87. The maximum atomic E-state index is 5.87. The van der Waals surface area contributed by atoms with Gasteiger partial charge in [-0.25, -0.2) is 0 Å². The zero-order valence-corrected chi connectivity index (χ0v) is 12.3. The van der Waals surface area contributed by atoms with Gasteiger partial charge >= 0.3 is 0 Å². The van der Waals surface area contributed by atoms with E-state index in [0.29, 0.717) is 0 Å². The number of methoxy groups -OCH3 is 1. The average Bonchev–Trinajstić information content (AvgIpc) is 2.35. The smallest absolute Gasteiger partial charge is 0.0719 e. The average molecular weight is 297 g/mol. The molecule has 0 heterocycles. The van der Waals surface area contributed by atoms with Crippen LogP contribution in [0, 0.1) is 5.92 Å². The Balaban J connectivity index is 2.12. The van der Waals surface area contributed by atoms with E-state index >= 15 is 0 Å². The summed E-state index contributed by atoms with van der Waals surface area (Å²) in [6.45, 7) is 2.35. The highest BCUT2D eigenvalue weighted by atomic mass is 79.9. The van der Waals surface area contributed by atoms with Gasteiger partial charge in [0.05, 0.1) is 5.60 Å². The number of hydrogen-bond acceptors (Lipinski definition) is 1. The molecule has 17 heavy (non-hydrogen) atoms. The molecule has 2 heteroatoms. The fourth-order valence-corrected chi connectivity index (χ4v) is 3.16. The molecule has 1 fully saturated rings. The Morgan fingerprint density at radius 3 is 2.53 bits per heavy atom. The van der Waals surface area contributed by atoms with Crippen molar-refractivity contribution >= 4 is 15.9 Å². The zero-order chi connectivity index (χ0) is 12.3. The molecule has 0 N–H and O–H groups in total. The lowest BCUT2D eigenvalue weighted by Gasteiger charge is -2.38. The van der Waals surface area contributed by atoms with Crippen LogP contribution in [0.4, 0.5) is 0 Å². The second-order valence-corrected chi connectivity index (χ2v) is 6.19. The molecule has 1 saturated carbocycles. The number of hydrogen-bond donors (Lipinski definition) is 0. The number of rotatable bonds is 3. The minimum Gasteiger partial charge on any atom is -0.378 e. The van der Waals surface area contributed by atoms with Crippen molar-refractivity contribution in [3.05, 3.63) is 34.3 Å². The molecular weight excluding hydrogens is 276 g/mol. The van der Waals surface area contributed by atoms with Crippen molar-refractivity contribution in [3.8, 4) is 0 Å². The third-order valence-corrected chi connectivity index (χ3v) is 4.86. The Hall–Kier alpha value is -0.340. The van der Waals surface area contributed by atoms with Crippen LogP contribution in [-0.4, -0.2) is 12.7 Å². The molecule has 1 aliphatic carbocycles. The van der Waals surface area contributed by atoms with Crippen molar-refractivity contribution < 1.29 is 4.74 Å². The van der Waals surface area contributed by atoms with Crippen LogP contribution in [0.25, 0.3) is 0 Å². The summed E-state index contributed by atoms with van der Waals surface area (Å²) in [6.07, 6.45) is 5.98. The lowest BCUT2D eigenvalue weighted by atomic mass is 9.76. The molecule has 0 saturated heterocycles. The van der Waals surface area contributed by atoms with Gasteiger partial charge in [0.1, 0.15) is 0 Å². The molecule has 0 atom stereocenters. The fraction of sp³-hybridized carbons (Fsp3) is 0.600. The van der Waals surface area contributed by atoms with Crippen LogP contribution in [0.3, 0.4) is 0 Å². The number of halogens is 1. The van der Waals surface area contributed by atoms with E-state index in [9.17, 15) is 0 Å². The van der Waals surface area contributed by atoms with E-state index in [4.69, 9.17) is 4.74 Å². The summed E-state index contributed by atoms with van der Waals surface area (Å²) in [4.78, 5) is 0. The normalized spacial score (nSPS) is 29.2. The Bertz CT molecular complexity index is 367. The first-order valence-corrected chi connectivity index (χ1v) is 7.23. The van der Waals surface area contributed by atoms with Gasteiger partial charge in [0.15, 0.2) is 0 Å². The first-order valence-electron chi connectivity index (χ1n) is 6.44. The first kappa shape index (κ1) is 13.1. The third-order valence-electron chi connectivity index (χ3n) is 4.09. The van der Waals surface area contributed by atoms with E-state index < -0.39 is 0 Å². The van der Waals surface area contributed by atoms with E-state index in [-0.39, 0.29) is 5.60 Å². The van der Waals surface area contributed by atoms with Gasteiger partial charge in [-0.2, -0.15) is 0 Å². The quantitative estimate of drug-likeness (QED) is 0.793. The van der Waals surface area contributed by atoms with E-state index in [1.807, 2.05) is 7.11 Å². The van der Waals surface area contributed by atoms with Gasteiger partial charge in [-0.3, -0.25) is 0 Å². The van der Waals surface area contributed by atoms with Crippen molar-refractivity contribution in [2.75, 3.05) is 7.11 Å². The van der Waals surface area contributed by atoms with Gasteiger partial charge in [-0.15, -0.1) is 0 Å². The van der Waals surface area contributed by atoms with Crippen LogP contribution in [0.1, 0.15) is 38.2 Å². The lowest BCUT2D eigenvalue weighted by molar-refractivity contribution is -0.0470. The first-order chi connectivity index (χ1) is 8.15. The summed E-state index contributed by atoms with van der Waals surface area (Å²) in [7, 11) is 1.87. The van der Waals surface area contributed by atoms with E-state index in [0.717, 1.165) is 12.3 Å². The minimum absolute atomic E-state index is 0.0659. The zero-order valence-electron chi connectivity index (χ0n) is 10.7. The van der Waals surface area contributed by atoms with Crippen LogP contribution in [0.5, 0.6) is 0 Å². The van der Waals surface area contributed by atoms with Gasteiger partial charge in [-0.05, 0) is 43.2 Å². The molecule has 1 aliphatic rings. The Morgan fingerprint density at radius 1 is 1.29 bits per heavy atom. The highest BCUT2D eigenvalue weighted by Gasteiger charge is 2.34. The molecule has 0 aromatic heterocycles. The van der Waals surface area contributed by atoms with Crippen LogP contribution >= 0.6 is 15.9 Å². The van der Waals surface area contributed by atoms with Crippen LogP contribution in [-0.2, 0) is 11.2 Å². The molecular formula is C15H21BrO. The van der Waals surface area contributed by atoms with Gasteiger partial charge < -0.3 is 4.74 Å². The molecule has 0 unspecified atom stereocenters. The molecule has 0 bridgehead atoms. The molecule has 2 rings (SSSR count). The summed E-state index contributed by atoms with van der Waals surface area (Å²) in [5, 5.41) is 0. The van der Waals surface area contributed by atoms with Crippen LogP contribution < -0.4 is 0 Å². The standard InChI is InChI=1S/C15H21BrO/c1-12-7-9-15(17-2,10-8-12)11-13-5-3-4-6-14(13)16/h3-6,12H,7-11H2,1-2H3. The van der Waals surface area contributed by atoms with Crippen molar-refractivity contribution in [1.29, 1.82) is 0 Å². The van der Waals surface area contributed by atoms with Gasteiger partial charge in [-0.1, -0.05) is 41.1 Å². The largest absolute Gasteiger partial charge is 0.378 e. The van der Waals surface area contributed by atoms with Gasteiger partial charge in [0.2, 0.25) is 0 Å². The summed E-state index contributed by atoms with van der Waals surface area (Å²) < 4.78 is 7.07. The number of ether oxygens (including phenoxy) is 1. The molecule has 1 nitrogen and oxygen atoms in total. The molecule has 0 amide bonds. The Morgan fingerprint density at radius 2 is 1.94 bits per heavy atom. The molecule has 0 radical (unpaired) electrons. The lowest BCUT2D eigenvalue weighted by Crippen LogP contribution is -2.38. The van der Waals surface area contributed by atoms with E-state index in [1.165, 1.54) is 35.7 Å². The van der Waals surface area contributed by atoms with Crippen molar-refractivity contribution in [2.24, 2.45) is 5.92 Å². The molecule has 1 aromatic rings. The molecule has 0 aliphatic heterocycles. The van der Waals surface area contributed by atoms with Gasteiger partial charge in [0, 0.05) is 18.0 Å².